The quantitative estimate of drug-likeness (QED) is 0.748. The molecular formula is C23H27FN2O3. The van der Waals surface area contributed by atoms with E-state index >= 15 is 0 Å². The Morgan fingerprint density at radius 1 is 1.17 bits per heavy atom. The summed E-state index contributed by atoms with van der Waals surface area (Å²) in [5, 5.41) is 0. The van der Waals surface area contributed by atoms with Crippen molar-refractivity contribution < 1.29 is 18.7 Å². The predicted molar refractivity (Wildman–Crippen MR) is 110 cm³/mol. The summed E-state index contributed by atoms with van der Waals surface area (Å²) in [6.07, 6.45) is -0.248. The average molecular weight is 398 g/mol. The van der Waals surface area contributed by atoms with Crippen molar-refractivity contribution in [3.8, 4) is 5.75 Å². The van der Waals surface area contributed by atoms with Gasteiger partial charge in [0, 0.05) is 37.8 Å². The van der Waals surface area contributed by atoms with Crippen LogP contribution < -0.4 is 9.64 Å². The summed E-state index contributed by atoms with van der Waals surface area (Å²) in [5.74, 6) is -0.206. The topological polar surface area (TPSA) is 42.0 Å². The van der Waals surface area contributed by atoms with Gasteiger partial charge < -0.3 is 14.4 Å². The standard InChI is InChI=1S/C23H27FN2O3/c1-2-21(29-22-10-6-4-8-19(22)24)23(27)26-16-17(15-25-11-13-28-14-12-25)18-7-3-5-9-20(18)26/h3-10,17,21H,2,11-16H2,1H3. The second-order valence-corrected chi connectivity index (χ2v) is 7.56. The lowest BCUT2D eigenvalue weighted by atomic mass is 10.0. The molecule has 5 nitrogen and oxygen atoms in total. The number of ether oxygens (including phenoxy) is 2. The van der Waals surface area contributed by atoms with Crippen LogP contribution in [0.25, 0.3) is 0 Å². The highest BCUT2D eigenvalue weighted by molar-refractivity contribution is 5.99. The Hall–Kier alpha value is -2.44. The Labute approximate surface area is 171 Å². The van der Waals surface area contributed by atoms with Crippen LogP contribution in [0.3, 0.4) is 0 Å². The molecular weight excluding hydrogens is 371 g/mol. The van der Waals surface area contributed by atoms with Crippen LogP contribution in [-0.4, -0.2) is 56.3 Å². The zero-order valence-electron chi connectivity index (χ0n) is 16.7. The highest BCUT2D eigenvalue weighted by Crippen LogP contribution is 2.37. The zero-order chi connectivity index (χ0) is 20.2. The second kappa shape index (κ2) is 8.93. The minimum Gasteiger partial charge on any atom is -0.478 e. The Kier molecular flexibility index (Phi) is 6.11. The number of carbonyl (C=O) groups excluding carboxylic acids is 1. The fourth-order valence-corrected chi connectivity index (χ4v) is 4.13. The number of nitrogens with zero attached hydrogens (tertiary/aromatic N) is 2. The Morgan fingerprint density at radius 3 is 2.66 bits per heavy atom. The van der Waals surface area contributed by atoms with Crippen LogP contribution in [0.15, 0.2) is 48.5 Å². The van der Waals surface area contributed by atoms with Gasteiger partial charge in [0.2, 0.25) is 0 Å². The van der Waals surface area contributed by atoms with Crippen LogP contribution >= 0.6 is 0 Å². The van der Waals surface area contributed by atoms with Gasteiger partial charge in [-0.25, -0.2) is 4.39 Å². The van der Waals surface area contributed by atoms with Gasteiger partial charge in [-0.3, -0.25) is 9.69 Å². The molecule has 0 N–H and O–H groups in total. The van der Waals surface area contributed by atoms with Gasteiger partial charge in [0.25, 0.3) is 5.91 Å². The van der Waals surface area contributed by atoms with Gasteiger partial charge >= 0.3 is 0 Å². The molecule has 6 heteroatoms. The monoisotopic (exact) mass is 398 g/mol. The molecule has 0 spiro atoms. The maximum atomic E-state index is 14.0. The third kappa shape index (κ3) is 4.28. The molecule has 29 heavy (non-hydrogen) atoms. The van der Waals surface area contributed by atoms with Gasteiger partial charge in [0.1, 0.15) is 0 Å². The molecule has 2 aromatic carbocycles. The molecule has 0 radical (unpaired) electrons. The molecule has 0 saturated carbocycles. The van der Waals surface area contributed by atoms with Crippen LogP contribution in [0.5, 0.6) is 5.75 Å². The number of halogens is 1. The summed E-state index contributed by atoms with van der Waals surface area (Å²) in [4.78, 5) is 17.5. The molecule has 2 aliphatic heterocycles. The summed E-state index contributed by atoms with van der Waals surface area (Å²) in [6.45, 7) is 6.75. The summed E-state index contributed by atoms with van der Waals surface area (Å²) in [5.41, 5.74) is 2.12. The number of para-hydroxylation sites is 2. The molecule has 2 aliphatic rings. The lowest BCUT2D eigenvalue weighted by molar-refractivity contribution is -0.125. The van der Waals surface area contributed by atoms with Crippen LogP contribution in [0.2, 0.25) is 0 Å². The minimum atomic E-state index is -0.720. The van der Waals surface area contributed by atoms with Crippen molar-refractivity contribution in [2.75, 3.05) is 44.3 Å². The number of benzene rings is 2. The minimum absolute atomic E-state index is 0.116. The van der Waals surface area contributed by atoms with Gasteiger partial charge in [-0.1, -0.05) is 37.3 Å². The SMILES string of the molecule is CCC(Oc1ccccc1F)C(=O)N1CC(CN2CCOCC2)c2ccccc21. The van der Waals surface area contributed by atoms with Crippen molar-refractivity contribution in [3.63, 3.8) is 0 Å². The van der Waals surface area contributed by atoms with E-state index in [1.807, 2.05) is 30.0 Å². The normalized spacial score (nSPS) is 20.3. The molecule has 2 aromatic rings. The molecule has 0 aliphatic carbocycles. The first-order valence-electron chi connectivity index (χ1n) is 10.3. The number of hydrogen-bond donors (Lipinski definition) is 0. The highest BCUT2D eigenvalue weighted by atomic mass is 19.1. The van der Waals surface area contributed by atoms with Gasteiger partial charge in [-0.05, 0) is 30.2 Å². The molecule has 1 amide bonds. The largest absolute Gasteiger partial charge is 0.478 e. The van der Waals surface area contributed by atoms with E-state index in [4.69, 9.17) is 9.47 Å². The number of anilines is 1. The predicted octanol–water partition coefficient (Wildman–Crippen LogP) is 3.45. The zero-order valence-corrected chi connectivity index (χ0v) is 16.7. The maximum absolute atomic E-state index is 14.0. The number of amides is 1. The van der Waals surface area contributed by atoms with E-state index in [0.29, 0.717) is 13.0 Å². The van der Waals surface area contributed by atoms with Crippen LogP contribution in [0.4, 0.5) is 10.1 Å². The Bertz CT molecular complexity index is 854. The molecule has 2 atom stereocenters. The van der Waals surface area contributed by atoms with Crippen molar-refractivity contribution in [1.29, 1.82) is 0 Å². The second-order valence-electron chi connectivity index (χ2n) is 7.56. The number of hydrogen-bond acceptors (Lipinski definition) is 4. The Morgan fingerprint density at radius 2 is 1.90 bits per heavy atom. The molecule has 2 heterocycles. The molecule has 4 rings (SSSR count). The van der Waals surface area contributed by atoms with Crippen molar-refractivity contribution in [2.45, 2.75) is 25.4 Å². The molecule has 1 saturated heterocycles. The van der Waals surface area contributed by atoms with Gasteiger partial charge in [0.15, 0.2) is 17.7 Å². The lowest BCUT2D eigenvalue weighted by Gasteiger charge is -2.29. The number of rotatable bonds is 6. The summed E-state index contributed by atoms with van der Waals surface area (Å²) in [7, 11) is 0. The van der Waals surface area contributed by atoms with Crippen LogP contribution in [-0.2, 0) is 9.53 Å². The van der Waals surface area contributed by atoms with Crippen molar-refractivity contribution >= 4 is 11.6 Å². The van der Waals surface area contributed by atoms with Gasteiger partial charge in [0.05, 0.1) is 13.2 Å². The average Bonchev–Trinajstić information content (AvgIpc) is 3.12. The van der Waals surface area contributed by atoms with Crippen molar-refractivity contribution in [3.05, 3.63) is 59.9 Å². The summed E-state index contributed by atoms with van der Waals surface area (Å²) < 4.78 is 25.3. The van der Waals surface area contributed by atoms with E-state index < -0.39 is 11.9 Å². The van der Waals surface area contributed by atoms with E-state index in [0.717, 1.165) is 38.5 Å². The van der Waals surface area contributed by atoms with E-state index in [1.54, 1.807) is 18.2 Å². The molecule has 0 aromatic heterocycles. The van der Waals surface area contributed by atoms with E-state index in [2.05, 4.69) is 11.0 Å². The van der Waals surface area contributed by atoms with E-state index in [1.165, 1.54) is 11.6 Å². The first-order valence-corrected chi connectivity index (χ1v) is 10.3. The number of carbonyl (C=O) groups is 1. The van der Waals surface area contributed by atoms with E-state index in [-0.39, 0.29) is 17.6 Å². The van der Waals surface area contributed by atoms with Crippen molar-refractivity contribution in [1.82, 2.24) is 4.90 Å². The van der Waals surface area contributed by atoms with Crippen LogP contribution in [0, 0.1) is 5.82 Å². The molecule has 154 valence electrons. The Balaban J connectivity index is 1.52. The molecule has 0 bridgehead atoms. The lowest BCUT2D eigenvalue weighted by Crippen LogP contribution is -2.43. The van der Waals surface area contributed by atoms with Crippen LogP contribution in [0.1, 0.15) is 24.8 Å². The first-order chi connectivity index (χ1) is 14.2. The van der Waals surface area contributed by atoms with Crippen molar-refractivity contribution in [2.24, 2.45) is 0 Å². The summed E-state index contributed by atoms with van der Waals surface area (Å²) >= 11 is 0. The van der Waals surface area contributed by atoms with E-state index in [9.17, 15) is 9.18 Å². The fourth-order valence-electron chi connectivity index (χ4n) is 4.13. The third-order valence-electron chi connectivity index (χ3n) is 5.67. The number of morpholine rings is 1. The smallest absolute Gasteiger partial charge is 0.268 e. The summed E-state index contributed by atoms with van der Waals surface area (Å²) in [6, 6.07) is 14.3. The third-order valence-corrected chi connectivity index (χ3v) is 5.67. The molecule has 2 unspecified atom stereocenters. The molecule has 1 fully saturated rings. The first kappa shape index (κ1) is 19.9. The maximum Gasteiger partial charge on any atom is 0.268 e. The van der Waals surface area contributed by atoms with Gasteiger partial charge in [-0.2, -0.15) is 0 Å². The van der Waals surface area contributed by atoms with Gasteiger partial charge in [-0.15, -0.1) is 0 Å². The fraction of sp³-hybridized carbons (Fsp3) is 0.435. The number of fused-ring (bicyclic) bond motifs is 1. The highest BCUT2D eigenvalue weighted by Gasteiger charge is 2.36.